The largest absolute Gasteiger partial charge is 0.318 e. The van der Waals surface area contributed by atoms with E-state index in [9.17, 15) is 8.42 Å². The number of fused-ring (bicyclic) bond motifs is 1. The van der Waals surface area contributed by atoms with E-state index in [-0.39, 0.29) is 10.8 Å². The highest BCUT2D eigenvalue weighted by Crippen LogP contribution is 2.26. The van der Waals surface area contributed by atoms with E-state index >= 15 is 0 Å². The van der Waals surface area contributed by atoms with E-state index in [2.05, 4.69) is 20.3 Å². The fourth-order valence-corrected chi connectivity index (χ4v) is 3.65. The summed E-state index contributed by atoms with van der Waals surface area (Å²) in [5, 5.41) is 7.90. The maximum atomic E-state index is 11.9. The highest BCUT2D eigenvalue weighted by Gasteiger charge is 2.19. The number of imidazole rings is 1. The molecule has 8 nitrogen and oxygen atoms in total. The second-order valence-corrected chi connectivity index (χ2v) is 8.34. The quantitative estimate of drug-likeness (QED) is 0.522. The predicted octanol–water partition coefficient (Wildman–Crippen LogP) is 2.63. The highest BCUT2D eigenvalue weighted by atomic mass is 32.2. The number of aromatic nitrogens is 5. The number of sulfone groups is 1. The van der Waals surface area contributed by atoms with E-state index in [0.29, 0.717) is 23.8 Å². The maximum absolute atomic E-state index is 11.9. The average Bonchev–Trinajstić information content (AvgIpc) is 3.26. The van der Waals surface area contributed by atoms with Crippen LogP contribution in [0.3, 0.4) is 0 Å². The van der Waals surface area contributed by atoms with Crippen LogP contribution in [0, 0.1) is 6.92 Å². The van der Waals surface area contributed by atoms with E-state index in [0.717, 1.165) is 16.6 Å². The van der Waals surface area contributed by atoms with Crippen LogP contribution in [0.5, 0.6) is 0 Å². The van der Waals surface area contributed by atoms with Crippen molar-refractivity contribution in [2.24, 2.45) is 0 Å². The van der Waals surface area contributed by atoms with Crippen molar-refractivity contribution in [2.45, 2.75) is 25.4 Å². The summed E-state index contributed by atoms with van der Waals surface area (Å²) in [7, 11) is -3.32. The lowest BCUT2D eigenvalue weighted by Crippen LogP contribution is -2.08. The Balaban J connectivity index is 1.79. The molecule has 0 saturated heterocycles. The summed E-state index contributed by atoms with van der Waals surface area (Å²) in [4.78, 5) is 8.79. The van der Waals surface area contributed by atoms with Crippen molar-refractivity contribution >= 4 is 20.9 Å². The fraction of sp³-hybridized carbons (Fsp3) is 0.222. The molecule has 0 aliphatic rings. The molecular formula is C18H17N5O3S. The van der Waals surface area contributed by atoms with E-state index in [4.69, 9.17) is 4.63 Å². The van der Waals surface area contributed by atoms with Gasteiger partial charge in [0.25, 0.3) is 0 Å². The number of para-hydroxylation sites is 2. The van der Waals surface area contributed by atoms with E-state index < -0.39 is 9.84 Å². The Labute approximate surface area is 155 Å². The van der Waals surface area contributed by atoms with Gasteiger partial charge in [-0.3, -0.25) is 0 Å². The molecule has 3 aromatic heterocycles. The van der Waals surface area contributed by atoms with Crippen LogP contribution < -0.4 is 0 Å². The Morgan fingerprint density at radius 2 is 1.93 bits per heavy atom. The van der Waals surface area contributed by atoms with E-state index in [1.54, 1.807) is 19.2 Å². The first-order chi connectivity index (χ1) is 13.0. The molecule has 0 unspecified atom stereocenters. The first-order valence-corrected chi connectivity index (χ1v) is 10.1. The van der Waals surface area contributed by atoms with E-state index in [1.165, 1.54) is 6.07 Å². The van der Waals surface area contributed by atoms with Crippen LogP contribution in [0.25, 0.3) is 22.6 Å². The van der Waals surface area contributed by atoms with Crippen molar-refractivity contribution in [3.05, 3.63) is 53.9 Å². The van der Waals surface area contributed by atoms with Gasteiger partial charge in [-0.15, -0.1) is 0 Å². The van der Waals surface area contributed by atoms with Crippen molar-refractivity contribution in [1.82, 2.24) is 24.8 Å². The Kier molecular flexibility index (Phi) is 4.23. The SMILES string of the molecule is CCS(=O)(=O)c1ccc(Cn2c(-c3nonc3C)nc3ccccc32)cn1. The second kappa shape index (κ2) is 6.58. The Morgan fingerprint density at radius 3 is 2.59 bits per heavy atom. The highest BCUT2D eigenvalue weighted by molar-refractivity contribution is 7.91. The van der Waals surface area contributed by atoms with Gasteiger partial charge in [-0.05, 0) is 35.8 Å². The first-order valence-electron chi connectivity index (χ1n) is 8.42. The van der Waals surface area contributed by atoms with Gasteiger partial charge in [-0.1, -0.05) is 30.3 Å². The van der Waals surface area contributed by atoms with Gasteiger partial charge in [0.05, 0.1) is 23.3 Å². The Bertz CT molecular complexity index is 1210. The molecule has 0 fully saturated rings. The molecule has 0 bridgehead atoms. The number of hydrogen-bond donors (Lipinski definition) is 0. The normalized spacial score (nSPS) is 11.9. The molecule has 27 heavy (non-hydrogen) atoms. The van der Waals surface area contributed by atoms with Crippen molar-refractivity contribution in [3.63, 3.8) is 0 Å². The Morgan fingerprint density at radius 1 is 1.11 bits per heavy atom. The summed E-state index contributed by atoms with van der Waals surface area (Å²) in [6, 6.07) is 11.1. The molecule has 0 radical (unpaired) electrons. The number of pyridine rings is 1. The molecule has 9 heteroatoms. The van der Waals surface area contributed by atoms with Gasteiger partial charge in [-0.25, -0.2) is 23.0 Å². The summed E-state index contributed by atoms with van der Waals surface area (Å²) in [6.45, 7) is 3.87. The van der Waals surface area contributed by atoms with Crippen molar-refractivity contribution < 1.29 is 13.0 Å². The minimum Gasteiger partial charge on any atom is -0.318 e. The van der Waals surface area contributed by atoms with Crippen molar-refractivity contribution in [3.8, 4) is 11.5 Å². The number of benzene rings is 1. The molecule has 4 rings (SSSR count). The smallest absolute Gasteiger partial charge is 0.195 e. The molecule has 0 amide bonds. The summed E-state index contributed by atoms with van der Waals surface area (Å²) >= 11 is 0. The monoisotopic (exact) mass is 383 g/mol. The zero-order valence-corrected chi connectivity index (χ0v) is 15.6. The summed E-state index contributed by atoms with van der Waals surface area (Å²) in [5.74, 6) is 0.661. The van der Waals surface area contributed by atoms with Crippen molar-refractivity contribution in [1.29, 1.82) is 0 Å². The molecule has 3 heterocycles. The van der Waals surface area contributed by atoms with E-state index in [1.807, 2.05) is 35.8 Å². The van der Waals surface area contributed by atoms with Crippen LogP contribution >= 0.6 is 0 Å². The average molecular weight is 383 g/mol. The van der Waals surface area contributed by atoms with Gasteiger partial charge < -0.3 is 4.57 Å². The summed E-state index contributed by atoms with van der Waals surface area (Å²) < 4.78 is 30.7. The van der Waals surface area contributed by atoms with Gasteiger partial charge in [0.1, 0.15) is 5.69 Å². The Hall–Kier alpha value is -3.07. The molecule has 0 spiro atoms. The lowest BCUT2D eigenvalue weighted by atomic mass is 10.2. The van der Waals surface area contributed by atoms with Gasteiger partial charge in [0.15, 0.2) is 26.4 Å². The van der Waals surface area contributed by atoms with Gasteiger partial charge >= 0.3 is 0 Å². The molecule has 0 N–H and O–H groups in total. The molecule has 1 aromatic carbocycles. The van der Waals surface area contributed by atoms with Crippen LogP contribution in [0.15, 0.2) is 52.3 Å². The lowest BCUT2D eigenvalue weighted by Gasteiger charge is -2.09. The van der Waals surface area contributed by atoms with Gasteiger partial charge in [0.2, 0.25) is 0 Å². The zero-order valence-electron chi connectivity index (χ0n) is 14.8. The second-order valence-electron chi connectivity index (χ2n) is 6.12. The zero-order chi connectivity index (χ0) is 19.0. The summed E-state index contributed by atoms with van der Waals surface area (Å²) in [5.41, 5.74) is 3.83. The number of aryl methyl sites for hydroxylation is 1. The third-order valence-electron chi connectivity index (χ3n) is 4.36. The van der Waals surface area contributed by atoms with Crippen LogP contribution in [-0.2, 0) is 16.4 Å². The standard InChI is InChI=1S/C18H17N5O3S/c1-3-27(24,25)16-9-8-13(10-19-16)11-23-15-7-5-4-6-14(15)20-18(23)17-12(2)21-26-22-17/h4-10H,3,11H2,1-2H3. The molecule has 4 aromatic rings. The molecule has 0 aliphatic heterocycles. The fourth-order valence-electron chi connectivity index (χ4n) is 2.87. The topological polar surface area (TPSA) is 104 Å². The summed E-state index contributed by atoms with van der Waals surface area (Å²) in [6.07, 6.45) is 1.58. The molecular weight excluding hydrogens is 366 g/mol. The maximum Gasteiger partial charge on any atom is 0.195 e. The number of nitrogens with zero attached hydrogens (tertiary/aromatic N) is 5. The third kappa shape index (κ3) is 3.10. The van der Waals surface area contributed by atoms with Crippen LogP contribution in [0.1, 0.15) is 18.2 Å². The molecule has 0 saturated carbocycles. The van der Waals surface area contributed by atoms with Crippen molar-refractivity contribution in [2.75, 3.05) is 5.75 Å². The minimum absolute atomic E-state index is 0.0219. The van der Waals surface area contributed by atoms with Gasteiger partial charge in [0, 0.05) is 6.20 Å². The minimum atomic E-state index is -3.32. The van der Waals surface area contributed by atoms with Gasteiger partial charge in [-0.2, -0.15) is 0 Å². The van der Waals surface area contributed by atoms with Crippen LogP contribution in [0.2, 0.25) is 0 Å². The predicted molar refractivity (Wildman–Crippen MR) is 98.8 cm³/mol. The molecule has 138 valence electrons. The third-order valence-corrected chi connectivity index (χ3v) is 5.99. The van der Waals surface area contributed by atoms with Crippen LogP contribution in [-0.4, -0.2) is 39.0 Å². The first kappa shape index (κ1) is 17.3. The number of hydrogen-bond acceptors (Lipinski definition) is 7. The molecule has 0 atom stereocenters. The number of rotatable bonds is 5. The van der Waals surface area contributed by atoms with Crippen LogP contribution in [0.4, 0.5) is 0 Å². The molecule has 0 aliphatic carbocycles. The lowest BCUT2D eigenvalue weighted by molar-refractivity contribution is 0.305.